The first-order chi connectivity index (χ1) is 11.9. The highest BCUT2D eigenvalue weighted by Gasteiger charge is 2.49. The van der Waals surface area contributed by atoms with Gasteiger partial charge in [0, 0.05) is 0 Å². The van der Waals surface area contributed by atoms with E-state index < -0.39 is 0 Å². The van der Waals surface area contributed by atoms with E-state index in [9.17, 15) is 0 Å². The summed E-state index contributed by atoms with van der Waals surface area (Å²) in [5.74, 6) is 5.80. The van der Waals surface area contributed by atoms with E-state index in [-0.39, 0.29) is 0 Å². The molecule has 0 heterocycles. The molecule has 0 aromatic carbocycles. The first kappa shape index (κ1) is 20.1. The molecule has 0 nitrogen and oxygen atoms in total. The molecule has 0 saturated heterocycles. The molecule has 25 heavy (non-hydrogen) atoms. The minimum Gasteiger partial charge on any atom is -0.120 e. The Bertz CT molecular complexity index is 582. The number of rotatable bonds is 4. The van der Waals surface area contributed by atoms with Gasteiger partial charge in [0.05, 0.1) is 0 Å². The van der Waals surface area contributed by atoms with Gasteiger partial charge in [-0.25, -0.2) is 0 Å². The minimum absolute atomic E-state index is 0.398. The molecule has 1 saturated carbocycles. The second kappa shape index (κ2) is 8.44. The molecule has 3 aliphatic rings. The Kier molecular flexibility index (Phi) is 6.79. The summed E-state index contributed by atoms with van der Waals surface area (Å²) in [7, 11) is 0. The van der Waals surface area contributed by atoms with Gasteiger partial charge < -0.3 is 0 Å². The lowest BCUT2D eigenvalue weighted by Gasteiger charge is -2.54. The van der Waals surface area contributed by atoms with Crippen LogP contribution in [0.4, 0.5) is 0 Å². The van der Waals surface area contributed by atoms with E-state index >= 15 is 0 Å². The maximum Gasteiger partial charge on any atom is -0.00297 e. The van der Waals surface area contributed by atoms with Crippen LogP contribution in [0.3, 0.4) is 0 Å². The highest BCUT2D eigenvalue weighted by molar-refractivity contribution is 5.46. The molecule has 0 bridgehead atoms. The molecule has 1 fully saturated rings. The molecule has 138 valence electrons. The summed E-state index contributed by atoms with van der Waals surface area (Å²) < 4.78 is 0. The molecule has 0 amide bonds. The van der Waals surface area contributed by atoms with Crippen LogP contribution in [0.1, 0.15) is 79.6 Å². The Morgan fingerprint density at radius 1 is 1.36 bits per heavy atom. The number of fused-ring (bicyclic) bond motifs is 1. The maximum atomic E-state index is 4.60. The van der Waals surface area contributed by atoms with Crippen LogP contribution in [-0.4, -0.2) is 0 Å². The summed E-state index contributed by atoms with van der Waals surface area (Å²) in [4.78, 5) is 0. The second-order valence-electron chi connectivity index (χ2n) is 8.82. The van der Waals surface area contributed by atoms with Gasteiger partial charge in [-0.2, -0.15) is 0 Å². The van der Waals surface area contributed by atoms with Crippen molar-refractivity contribution in [1.29, 1.82) is 0 Å². The molecule has 0 aliphatic heterocycles. The quantitative estimate of drug-likeness (QED) is 0.470. The van der Waals surface area contributed by atoms with Crippen molar-refractivity contribution in [3.05, 3.63) is 35.5 Å². The standard InChI is InChI=1S/C22H34.C3H4/c1-6-7-8-20-19(18-10-9-16(18)3)14-17(4)21-13-15(2)11-12-22(20,21)5;1-3-2/h13-14,16,18-20H,2,6-12H2,1,3-5H3;1H,2H3. The average molecular weight is 339 g/mol. The van der Waals surface area contributed by atoms with Crippen molar-refractivity contribution in [3.63, 3.8) is 0 Å². The van der Waals surface area contributed by atoms with Gasteiger partial charge in [-0.1, -0.05) is 69.9 Å². The monoisotopic (exact) mass is 338 g/mol. The van der Waals surface area contributed by atoms with E-state index in [1.54, 1.807) is 18.1 Å². The number of hydrogen-bond acceptors (Lipinski definition) is 0. The molecule has 3 aliphatic carbocycles. The molecular weight excluding hydrogens is 300 g/mol. The molecule has 0 spiro atoms. The van der Waals surface area contributed by atoms with E-state index in [1.807, 2.05) is 0 Å². The van der Waals surface area contributed by atoms with Crippen LogP contribution >= 0.6 is 0 Å². The smallest absolute Gasteiger partial charge is 0.00297 e. The summed E-state index contributed by atoms with van der Waals surface area (Å²) in [6.45, 7) is 15.6. The zero-order chi connectivity index (χ0) is 18.6. The summed E-state index contributed by atoms with van der Waals surface area (Å²) in [6.07, 6.45) is 19.2. The van der Waals surface area contributed by atoms with Gasteiger partial charge in [-0.05, 0) is 74.2 Å². The fourth-order valence-corrected chi connectivity index (χ4v) is 5.49. The van der Waals surface area contributed by atoms with E-state index in [4.69, 9.17) is 0 Å². The van der Waals surface area contributed by atoms with E-state index in [0.717, 1.165) is 23.7 Å². The molecule has 0 aromatic heterocycles. The number of unbranched alkanes of at least 4 members (excludes halogenated alkanes) is 1. The van der Waals surface area contributed by atoms with Gasteiger partial charge >= 0.3 is 0 Å². The van der Waals surface area contributed by atoms with Gasteiger partial charge in [0.15, 0.2) is 0 Å². The fraction of sp³-hybridized carbons (Fsp3) is 0.680. The topological polar surface area (TPSA) is 0 Å². The lowest BCUT2D eigenvalue weighted by molar-refractivity contribution is 0.0414. The first-order valence-electron chi connectivity index (χ1n) is 10.3. The zero-order valence-electron chi connectivity index (χ0n) is 17.2. The SMILES string of the molecule is C#CC.C=C1C=C2C(C)=CC(C3CCC3C)C(CCCC)C2(C)CC1. The summed E-state index contributed by atoms with van der Waals surface area (Å²) in [5, 5.41) is 0. The van der Waals surface area contributed by atoms with Crippen molar-refractivity contribution in [1.82, 2.24) is 0 Å². The van der Waals surface area contributed by atoms with Crippen LogP contribution in [0.25, 0.3) is 0 Å². The molecule has 5 atom stereocenters. The molecule has 0 N–H and O–H groups in total. The Morgan fingerprint density at radius 3 is 2.56 bits per heavy atom. The predicted molar refractivity (Wildman–Crippen MR) is 111 cm³/mol. The van der Waals surface area contributed by atoms with E-state index in [0.29, 0.717) is 5.41 Å². The third-order valence-electron chi connectivity index (χ3n) is 7.13. The summed E-state index contributed by atoms with van der Waals surface area (Å²) in [5.41, 5.74) is 4.91. The largest absolute Gasteiger partial charge is 0.120 e. The van der Waals surface area contributed by atoms with Crippen LogP contribution < -0.4 is 0 Å². The zero-order valence-corrected chi connectivity index (χ0v) is 17.2. The van der Waals surface area contributed by atoms with Crippen molar-refractivity contribution >= 4 is 0 Å². The Balaban J connectivity index is 0.000000701. The molecule has 3 rings (SSSR count). The number of allylic oxidation sites excluding steroid dienone is 5. The van der Waals surface area contributed by atoms with Gasteiger partial charge in [-0.15, -0.1) is 12.3 Å². The van der Waals surface area contributed by atoms with Gasteiger partial charge in [0.1, 0.15) is 0 Å². The van der Waals surface area contributed by atoms with Gasteiger partial charge in [0.25, 0.3) is 0 Å². The Labute approximate surface area is 156 Å². The first-order valence-corrected chi connectivity index (χ1v) is 10.3. The lowest BCUT2D eigenvalue weighted by atomic mass is 9.51. The lowest BCUT2D eigenvalue weighted by Crippen LogP contribution is -2.45. The normalized spacial score (nSPS) is 36.7. The van der Waals surface area contributed by atoms with Gasteiger partial charge in [-0.3, -0.25) is 0 Å². The van der Waals surface area contributed by atoms with Crippen molar-refractivity contribution in [3.8, 4) is 12.3 Å². The Hall–Kier alpha value is -1.22. The number of terminal acetylenes is 1. The second-order valence-corrected chi connectivity index (χ2v) is 8.82. The molecule has 5 unspecified atom stereocenters. The van der Waals surface area contributed by atoms with Crippen molar-refractivity contribution in [2.75, 3.05) is 0 Å². The number of hydrogen-bond donors (Lipinski definition) is 0. The highest BCUT2D eigenvalue weighted by Crippen LogP contribution is 2.59. The van der Waals surface area contributed by atoms with Crippen LogP contribution in [0.2, 0.25) is 0 Å². The van der Waals surface area contributed by atoms with E-state index in [2.05, 4.69) is 58.8 Å². The average Bonchev–Trinajstić information content (AvgIpc) is 2.55. The maximum absolute atomic E-state index is 4.60. The van der Waals surface area contributed by atoms with Crippen molar-refractivity contribution < 1.29 is 0 Å². The Morgan fingerprint density at radius 2 is 2.04 bits per heavy atom. The van der Waals surface area contributed by atoms with Crippen LogP contribution in [0, 0.1) is 41.4 Å². The summed E-state index contributed by atoms with van der Waals surface area (Å²) >= 11 is 0. The molecule has 0 aromatic rings. The van der Waals surface area contributed by atoms with Crippen molar-refractivity contribution in [2.45, 2.75) is 79.6 Å². The van der Waals surface area contributed by atoms with Gasteiger partial charge in [0.2, 0.25) is 0 Å². The summed E-state index contributed by atoms with van der Waals surface area (Å²) in [6, 6.07) is 0. The van der Waals surface area contributed by atoms with Crippen molar-refractivity contribution in [2.24, 2.45) is 29.1 Å². The molecular formula is C25H38. The third-order valence-corrected chi connectivity index (χ3v) is 7.13. The van der Waals surface area contributed by atoms with E-state index in [1.165, 1.54) is 50.5 Å². The molecule has 0 radical (unpaired) electrons. The van der Waals surface area contributed by atoms with Crippen LogP contribution in [-0.2, 0) is 0 Å². The minimum atomic E-state index is 0.398. The highest BCUT2D eigenvalue weighted by atomic mass is 14.5. The fourth-order valence-electron chi connectivity index (χ4n) is 5.49. The predicted octanol–water partition coefficient (Wildman–Crippen LogP) is 7.34. The van der Waals surface area contributed by atoms with Crippen LogP contribution in [0.15, 0.2) is 35.5 Å². The van der Waals surface area contributed by atoms with Crippen LogP contribution in [0.5, 0.6) is 0 Å². The third kappa shape index (κ3) is 3.97. The molecule has 0 heteroatoms.